The van der Waals surface area contributed by atoms with Crippen molar-refractivity contribution in [3.05, 3.63) is 0 Å². The van der Waals surface area contributed by atoms with Gasteiger partial charge in [-0.05, 0) is 13.3 Å². The predicted molar refractivity (Wildman–Crippen MR) is 33.4 cm³/mol. The van der Waals surface area contributed by atoms with E-state index < -0.39 is 0 Å². The molecule has 10 heavy (non-hydrogen) atoms. The summed E-state index contributed by atoms with van der Waals surface area (Å²) in [5, 5.41) is 0. The molecule has 0 aromatic carbocycles. The second kappa shape index (κ2) is 1.95. The number of hydrogen-bond donors (Lipinski definition) is 0. The van der Waals surface area contributed by atoms with Crippen LogP contribution >= 0.6 is 0 Å². The average molecular weight is 142 g/mol. The summed E-state index contributed by atoms with van der Waals surface area (Å²) in [4.78, 5) is 11.0. The molecule has 2 aliphatic rings. The van der Waals surface area contributed by atoms with Gasteiger partial charge in [0, 0.05) is 0 Å². The molecule has 0 aromatic rings. The summed E-state index contributed by atoms with van der Waals surface area (Å²) in [6, 6.07) is 0. The molecule has 0 aliphatic carbocycles. The summed E-state index contributed by atoms with van der Waals surface area (Å²) < 4.78 is 10.3. The third-order valence-corrected chi connectivity index (χ3v) is 2.20. The van der Waals surface area contributed by atoms with E-state index in [4.69, 9.17) is 9.47 Å². The molecule has 3 heteroatoms. The number of cyclic esters (lactones) is 1. The SMILES string of the molecule is CC1OC2COC(=O)C1C2. The van der Waals surface area contributed by atoms with Gasteiger partial charge in [-0.2, -0.15) is 0 Å². The Morgan fingerprint density at radius 2 is 2.40 bits per heavy atom. The summed E-state index contributed by atoms with van der Waals surface area (Å²) in [6.07, 6.45) is 1.11. The maximum Gasteiger partial charge on any atom is 0.311 e. The molecule has 3 nitrogen and oxygen atoms in total. The highest BCUT2D eigenvalue weighted by atomic mass is 16.6. The van der Waals surface area contributed by atoms with Crippen LogP contribution in [0.15, 0.2) is 0 Å². The maximum absolute atomic E-state index is 11.0. The van der Waals surface area contributed by atoms with E-state index in [2.05, 4.69) is 0 Å². The molecule has 2 heterocycles. The van der Waals surface area contributed by atoms with Crippen molar-refractivity contribution in [1.29, 1.82) is 0 Å². The number of esters is 1. The van der Waals surface area contributed by atoms with Crippen molar-refractivity contribution >= 4 is 5.97 Å². The van der Waals surface area contributed by atoms with Crippen LogP contribution < -0.4 is 0 Å². The van der Waals surface area contributed by atoms with Crippen molar-refractivity contribution in [2.45, 2.75) is 25.6 Å². The van der Waals surface area contributed by atoms with Crippen LogP contribution in [-0.4, -0.2) is 24.8 Å². The molecule has 0 amide bonds. The summed E-state index contributed by atoms with van der Waals surface area (Å²) >= 11 is 0. The van der Waals surface area contributed by atoms with Crippen LogP contribution in [0.3, 0.4) is 0 Å². The number of carbonyl (C=O) groups is 1. The van der Waals surface area contributed by atoms with E-state index in [0.29, 0.717) is 6.61 Å². The van der Waals surface area contributed by atoms with Crippen LogP contribution in [0.4, 0.5) is 0 Å². The first kappa shape index (κ1) is 6.16. The number of rotatable bonds is 0. The molecular weight excluding hydrogens is 132 g/mol. The Labute approximate surface area is 59.3 Å². The number of carbonyl (C=O) groups excluding carboxylic acids is 1. The Bertz CT molecular complexity index is 166. The minimum Gasteiger partial charge on any atom is -0.463 e. The summed E-state index contributed by atoms with van der Waals surface area (Å²) in [7, 11) is 0. The molecule has 0 radical (unpaired) electrons. The molecular formula is C7H10O3. The Kier molecular flexibility index (Phi) is 1.20. The molecule has 2 rings (SSSR count). The Balaban J connectivity index is 2.17. The zero-order valence-electron chi connectivity index (χ0n) is 5.87. The molecule has 3 unspecified atom stereocenters. The number of ether oxygens (including phenoxy) is 2. The van der Waals surface area contributed by atoms with E-state index in [9.17, 15) is 4.79 Å². The van der Waals surface area contributed by atoms with E-state index in [1.54, 1.807) is 0 Å². The van der Waals surface area contributed by atoms with Gasteiger partial charge in [0.1, 0.15) is 6.61 Å². The summed E-state index contributed by atoms with van der Waals surface area (Å²) in [6.45, 7) is 2.39. The van der Waals surface area contributed by atoms with Crippen molar-refractivity contribution in [3.8, 4) is 0 Å². The molecule has 0 N–H and O–H groups in total. The molecule has 56 valence electrons. The lowest BCUT2D eigenvalue weighted by Crippen LogP contribution is -2.28. The van der Waals surface area contributed by atoms with E-state index in [1.807, 2.05) is 6.92 Å². The smallest absolute Gasteiger partial charge is 0.311 e. The highest BCUT2D eigenvalue weighted by Gasteiger charge is 2.42. The van der Waals surface area contributed by atoms with Gasteiger partial charge in [0.25, 0.3) is 0 Å². The molecule has 2 bridgehead atoms. The first-order valence-electron chi connectivity index (χ1n) is 3.59. The minimum atomic E-state index is -0.0822. The molecule has 2 fully saturated rings. The number of fused-ring (bicyclic) bond motifs is 2. The van der Waals surface area contributed by atoms with Crippen molar-refractivity contribution in [2.75, 3.05) is 6.61 Å². The lowest BCUT2D eigenvalue weighted by molar-refractivity contribution is -0.151. The fourth-order valence-corrected chi connectivity index (χ4v) is 1.61. The van der Waals surface area contributed by atoms with Crippen molar-refractivity contribution < 1.29 is 14.3 Å². The highest BCUT2D eigenvalue weighted by molar-refractivity contribution is 5.74. The van der Waals surface area contributed by atoms with Crippen LogP contribution in [-0.2, 0) is 14.3 Å². The van der Waals surface area contributed by atoms with Gasteiger partial charge in [0.2, 0.25) is 0 Å². The van der Waals surface area contributed by atoms with Crippen molar-refractivity contribution in [3.63, 3.8) is 0 Å². The monoisotopic (exact) mass is 142 g/mol. The second-order valence-corrected chi connectivity index (χ2v) is 2.94. The van der Waals surface area contributed by atoms with Crippen LogP contribution in [0.5, 0.6) is 0 Å². The number of hydrogen-bond acceptors (Lipinski definition) is 3. The van der Waals surface area contributed by atoms with E-state index >= 15 is 0 Å². The average Bonchev–Trinajstić information content (AvgIpc) is 2.21. The minimum absolute atomic E-state index is 0.0127. The third kappa shape index (κ3) is 0.736. The fraction of sp³-hybridized carbons (Fsp3) is 0.857. The lowest BCUT2D eigenvalue weighted by atomic mass is 9.99. The molecule has 2 saturated heterocycles. The van der Waals surface area contributed by atoms with Gasteiger partial charge in [-0.1, -0.05) is 0 Å². The third-order valence-electron chi connectivity index (χ3n) is 2.20. The van der Waals surface area contributed by atoms with Gasteiger partial charge in [-0.15, -0.1) is 0 Å². The van der Waals surface area contributed by atoms with Gasteiger partial charge in [-0.3, -0.25) is 4.79 Å². The molecule has 0 aromatic heterocycles. The topological polar surface area (TPSA) is 35.5 Å². The quantitative estimate of drug-likeness (QED) is 0.457. The highest BCUT2D eigenvalue weighted by Crippen LogP contribution is 2.31. The standard InChI is InChI=1S/C7H10O3/c1-4-6-2-5(10-4)3-9-7(6)8/h4-6H,2-3H2,1H3. The first-order chi connectivity index (χ1) is 4.77. The van der Waals surface area contributed by atoms with E-state index in [0.717, 1.165) is 6.42 Å². The molecule has 0 spiro atoms. The Morgan fingerprint density at radius 3 is 3.10 bits per heavy atom. The normalized spacial score (nSPS) is 45.3. The van der Waals surface area contributed by atoms with Crippen LogP contribution in [0.1, 0.15) is 13.3 Å². The Morgan fingerprint density at radius 1 is 1.60 bits per heavy atom. The summed E-state index contributed by atoms with van der Waals surface area (Å²) in [5.74, 6) is -0.0694. The van der Waals surface area contributed by atoms with Gasteiger partial charge in [0.05, 0.1) is 18.1 Å². The largest absolute Gasteiger partial charge is 0.463 e. The van der Waals surface area contributed by atoms with Gasteiger partial charge in [0.15, 0.2) is 0 Å². The van der Waals surface area contributed by atoms with Crippen LogP contribution in [0, 0.1) is 5.92 Å². The summed E-state index contributed by atoms with van der Waals surface area (Å²) in [5.41, 5.74) is 0. The zero-order valence-corrected chi connectivity index (χ0v) is 5.87. The maximum atomic E-state index is 11.0. The molecule has 0 saturated carbocycles. The van der Waals surface area contributed by atoms with Crippen molar-refractivity contribution in [1.82, 2.24) is 0 Å². The van der Waals surface area contributed by atoms with Crippen molar-refractivity contribution in [2.24, 2.45) is 5.92 Å². The zero-order chi connectivity index (χ0) is 7.14. The van der Waals surface area contributed by atoms with Crippen LogP contribution in [0.2, 0.25) is 0 Å². The predicted octanol–water partition coefficient (Wildman–Crippen LogP) is 0.337. The second-order valence-electron chi connectivity index (χ2n) is 2.94. The van der Waals surface area contributed by atoms with E-state index in [-0.39, 0.29) is 24.1 Å². The molecule has 3 atom stereocenters. The van der Waals surface area contributed by atoms with Gasteiger partial charge >= 0.3 is 5.97 Å². The van der Waals surface area contributed by atoms with Crippen LogP contribution in [0.25, 0.3) is 0 Å². The van der Waals surface area contributed by atoms with Gasteiger partial charge < -0.3 is 9.47 Å². The van der Waals surface area contributed by atoms with Gasteiger partial charge in [-0.25, -0.2) is 0 Å². The fourth-order valence-electron chi connectivity index (χ4n) is 1.61. The molecule has 2 aliphatic heterocycles. The Hall–Kier alpha value is -0.570. The van der Waals surface area contributed by atoms with E-state index in [1.165, 1.54) is 0 Å². The lowest BCUT2D eigenvalue weighted by Gasteiger charge is -2.15. The first-order valence-corrected chi connectivity index (χ1v) is 3.59.